The number of halogens is 2. The van der Waals surface area contributed by atoms with E-state index in [1.165, 1.54) is 6.07 Å². The molecule has 2 N–H and O–H groups in total. The van der Waals surface area contributed by atoms with E-state index >= 15 is 0 Å². The van der Waals surface area contributed by atoms with Crippen LogP contribution >= 0.6 is 0 Å². The first-order valence-electron chi connectivity index (χ1n) is 6.79. The number of nitrogens with zero attached hydrogens (tertiary/aromatic N) is 2. The standard InChI is InChI=1S/C14H20F2N2O2/c15-11-2-1-3-12(16)14(11)13(20)10-18-6-4-17(5-7-18)8-9-19/h1-3,13,19-20H,4-10H2. The Morgan fingerprint density at radius 1 is 1.05 bits per heavy atom. The summed E-state index contributed by atoms with van der Waals surface area (Å²) in [4.78, 5) is 4.09. The summed E-state index contributed by atoms with van der Waals surface area (Å²) in [6.07, 6.45) is -1.17. The van der Waals surface area contributed by atoms with Crippen LogP contribution in [0, 0.1) is 11.6 Å². The van der Waals surface area contributed by atoms with E-state index < -0.39 is 17.7 Å². The Bertz CT molecular complexity index is 417. The van der Waals surface area contributed by atoms with Crippen LogP contribution in [0.4, 0.5) is 8.78 Å². The third kappa shape index (κ3) is 3.73. The zero-order valence-electron chi connectivity index (χ0n) is 11.3. The largest absolute Gasteiger partial charge is 0.395 e. The minimum Gasteiger partial charge on any atom is -0.395 e. The highest BCUT2D eigenvalue weighted by Crippen LogP contribution is 2.21. The topological polar surface area (TPSA) is 46.9 Å². The minimum atomic E-state index is -1.17. The average molecular weight is 286 g/mol. The van der Waals surface area contributed by atoms with Gasteiger partial charge in [-0.2, -0.15) is 0 Å². The third-order valence-corrected chi connectivity index (χ3v) is 3.65. The van der Waals surface area contributed by atoms with Crippen LogP contribution in [0.2, 0.25) is 0 Å². The SMILES string of the molecule is OCCN1CCN(CC(O)c2c(F)cccc2F)CC1. The maximum Gasteiger partial charge on any atom is 0.131 e. The predicted molar refractivity (Wildman–Crippen MR) is 71.3 cm³/mol. The zero-order chi connectivity index (χ0) is 14.5. The molecule has 1 saturated heterocycles. The highest BCUT2D eigenvalue weighted by atomic mass is 19.1. The van der Waals surface area contributed by atoms with Crippen molar-refractivity contribution in [2.75, 3.05) is 45.9 Å². The van der Waals surface area contributed by atoms with Crippen molar-refractivity contribution >= 4 is 0 Å². The number of piperazine rings is 1. The summed E-state index contributed by atoms with van der Waals surface area (Å²) in [5.41, 5.74) is -0.259. The van der Waals surface area contributed by atoms with Crippen LogP contribution in [0.1, 0.15) is 11.7 Å². The van der Waals surface area contributed by atoms with E-state index in [2.05, 4.69) is 4.90 Å². The summed E-state index contributed by atoms with van der Waals surface area (Å²) in [5, 5.41) is 18.9. The van der Waals surface area contributed by atoms with Crippen LogP contribution in [-0.2, 0) is 0 Å². The Labute approximate surface area is 117 Å². The van der Waals surface area contributed by atoms with Crippen LogP contribution in [-0.4, -0.2) is 65.9 Å². The van der Waals surface area contributed by atoms with Gasteiger partial charge in [0.15, 0.2) is 0 Å². The summed E-state index contributed by atoms with van der Waals surface area (Å²) >= 11 is 0. The molecule has 0 saturated carbocycles. The molecule has 0 spiro atoms. The zero-order valence-corrected chi connectivity index (χ0v) is 11.3. The van der Waals surface area contributed by atoms with Gasteiger partial charge < -0.3 is 10.2 Å². The van der Waals surface area contributed by atoms with E-state index in [1.54, 1.807) is 0 Å². The summed E-state index contributed by atoms with van der Waals surface area (Å²) < 4.78 is 27.1. The fourth-order valence-electron chi connectivity index (χ4n) is 2.50. The molecule has 1 unspecified atom stereocenters. The molecule has 0 aromatic heterocycles. The number of hydrogen-bond donors (Lipinski definition) is 2. The van der Waals surface area contributed by atoms with Crippen molar-refractivity contribution in [3.8, 4) is 0 Å². The van der Waals surface area contributed by atoms with Crippen LogP contribution in [0.15, 0.2) is 18.2 Å². The molecule has 1 aromatic carbocycles. The smallest absolute Gasteiger partial charge is 0.131 e. The van der Waals surface area contributed by atoms with Crippen molar-refractivity contribution in [1.29, 1.82) is 0 Å². The van der Waals surface area contributed by atoms with Gasteiger partial charge in [0.05, 0.1) is 18.3 Å². The van der Waals surface area contributed by atoms with E-state index in [-0.39, 0.29) is 18.7 Å². The maximum absolute atomic E-state index is 13.6. The fourth-order valence-corrected chi connectivity index (χ4v) is 2.50. The minimum absolute atomic E-state index is 0.128. The Hall–Kier alpha value is -1.08. The second-order valence-electron chi connectivity index (χ2n) is 5.02. The first-order chi connectivity index (χ1) is 9.61. The normalized spacial score (nSPS) is 19.2. The lowest BCUT2D eigenvalue weighted by atomic mass is 10.1. The summed E-state index contributed by atoms with van der Waals surface area (Å²) in [5.74, 6) is -1.42. The number of rotatable bonds is 5. The Kier molecular flexibility index (Phi) is 5.42. The van der Waals surface area contributed by atoms with Crippen LogP contribution in [0.25, 0.3) is 0 Å². The lowest BCUT2D eigenvalue weighted by Crippen LogP contribution is -2.48. The van der Waals surface area contributed by atoms with E-state index in [0.29, 0.717) is 19.6 Å². The first-order valence-corrected chi connectivity index (χ1v) is 6.79. The molecule has 1 atom stereocenters. The number of benzene rings is 1. The highest BCUT2D eigenvalue weighted by molar-refractivity contribution is 5.22. The first kappa shape index (κ1) is 15.3. The lowest BCUT2D eigenvalue weighted by molar-refractivity contribution is 0.0631. The summed E-state index contributed by atoms with van der Waals surface area (Å²) in [6, 6.07) is 3.59. The van der Waals surface area contributed by atoms with Gasteiger partial charge in [0.2, 0.25) is 0 Å². The molecule has 0 aliphatic carbocycles. The van der Waals surface area contributed by atoms with E-state index in [4.69, 9.17) is 5.11 Å². The van der Waals surface area contributed by atoms with Crippen LogP contribution in [0.5, 0.6) is 0 Å². The lowest BCUT2D eigenvalue weighted by Gasteiger charge is -2.35. The molecule has 1 aromatic rings. The molecule has 0 bridgehead atoms. The molecule has 4 nitrogen and oxygen atoms in total. The number of aliphatic hydroxyl groups excluding tert-OH is 2. The van der Waals surface area contributed by atoms with Gasteiger partial charge in [0, 0.05) is 39.3 Å². The van der Waals surface area contributed by atoms with Gasteiger partial charge in [-0.3, -0.25) is 9.80 Å². The molecule has 1 aliphatic heterocycles. The molecule has 6 heteroatoms. The molecule has 0 amide bonds. The molecular formula is C14H20F2N2O2. The average Bonchev–Trinajstić information content (AvgIpc) is 2.41. The molecule has 20 heavy (non-hydrogen) atoms. The predicted octanol–water partition coefficient (Wildman–Crippen LogP) is 0.608. The second-order valence-corrected chi connectivity index (χ2v) is 5.02. The van der Waals surface area contributed by atoms with Crippen molar-refractivity contribution in [2.24, 2.45) is 0 Å². The molecule has 1 fully saturated rings. The van der Waals surface area contributed by atoms with Gasteiger partial charge in [0.25, 0.3) is 0 Å². The quantitative estimate of drug-likeness (QED) is 0.832. The molecule has 0 radical (unpaired) electrons. The van der Waals surface area contributed by atoms with E-state index in [1.807, 2.05) is 4.90 Å². The Balaban J connectivity index is 1.91. The second kappa shape index (κ2) is 7.08. The van der Waals surface area contributed by atoms with Gasteiger partial charge in [-0.1, -0.05) is 6.07 Å². The van der Waals surface area contributed by atoms with Crippen molar-refractivity contribution in [3.63, 3.8) is 0 Å². The third-order valence-electron chi connectivity index (χ3n) is 3.65. The summed E-state index contributed by atoms with van der Waals surface area (Å²) in [6.45, 7) is 3.98. The molecule has 1 heterocycles. The number of β-amino-alcohol motifs (C(OH)–C–C–N with tert-alkyl or cyclic N) is 2. The molecule has 1 aliphatic rings. The van der Waals surface area contributed by atoms with Crippen LogP contribution < -0.4 is 0 Å². The van der Waals surface area contributed by atoms with Gasteiger partial charge in [-0.25, -0.2) is 8.78 Å². The van der Waals surface area contributed by atoms with Gasteiger partial charge in [0.1, 0.15) is 11.6 Å². The van der Waals surface area contributed by atoms with E-state index in [9.17, 15) is 13.9 Å². The summed E-state index contributed by atoms with van der Waals surface area (Å²) in [7, 11) is 0. The number of aliphatic hydroxyl groups is 2. The van der Waals surface area contributed by atoms with Crippen LogP contribution in [0.3, 0.4) is 0 Å². The van der Waals surface area contributed by atoms with Crippen molar-refractivity contribution in [3.05, 3.63) is 35.4 Å². The Morgan fingerprint density at radius 3 is 2.15 bits per heavy atom. The molecule has 2 rings (SSSR count). The van der Waals surface area contributed by atoms with Crippen molar-refractivity contribution in [1.82, 2.24) is 9.80 Å². The van der Waals surface area contributed by atoms with Gasteiger partial charge in [-0.05, 0) is 12.1 Å². The number of hydrogen-bond acceptors (Lipinski definition) is 4. The van der Waals surface area contributed by atoms with Gasteiger partial charge in [-0.15, -0.1) is 0 Å². The molecular weight excluding hydrogens is 266 g/mol. The fraction of sp³-hybridized carbons (Fsp3) is 0.571. The van der Waals surface area contributed by atoms with Crippen molar-refractivity contribution in [2.45, 2.75) is 6.10 Å². The monoisotopic (exact) mass is 286 g/mol. The maximum atomic E-state index is 13.6. The van der Waals surface area contributed by atoms with E-state index in [0.717, 1.165) is 25.2 Å². The Morgan fingerprint density at radius 2 is 1.60 bits per heavy atom. The highest BCUT2D eigenvalue weighted by Gasteiger charge is 2.23. The van der Waals surface area contributed by atoms with Crippen molar-refractivity contribution < 1.29 is 19.0 Å². The van der Waals surface area contributed by atoms with Gasteiger partial charge >= 0.3 is 0 Å². The molecule has 112 valence electrons.